The van der Waals surface area contributed by atoms with E-state index in [4.69, 9.17) is 0 Å². The lowest BCUT2D eigenvalue weighted by atomic mass is 9.98. The van der Waals surface area contributed by atoms with E-state index < -0.39 is 53.7 Å². The smallest absolute Gasteiger partial charge is 0.334 e. The van der Waals surface area contributed by atoms with Crippen molar-refractivity contribution in [1.82, 2.24) is 25.1 Å². The molecule has 2 aliphatic heterocycles. The molecule has 0 spiro atoms. The van der Waals surface area contributed by atoms with Crippen LogP contribution in [-0.2, 0) is 20.9 Å². The van der Waals surface area contributed by atoms with E-state index in [9.17, 15) is 33.1 Å². The van der Waals surface area contributed by atoms with Crippen LogP contribution in [0.5, 0.6) is 0 Å². The molecule has 0 radical (unpaired) electrons. The van der Waals surface area contributed by atoms with Crippen molar-refractivity contribution in [3.8, 4) is 0 Å². The van der Waals surface area contributed by atoms with Gasteiger partial charge in [0.2, 0.25) is 11.8 Å². The molecule has 4 amide bonds. The van der Waals surface area contributed by atoms with Crippen molar-refractivity contribution < 1.29 is 33.1 Å². The molecule has 38 heavy (non-hydrogen) atoms. The molecule has 0 bridgehead atoms. The minimum absolute atomic E-state index is 0.0407. The molecule has 2 saturated heterocycles. The number of carbonyl (C=O) groups excluding carboxylic acids is 3. The number of amides is 4. The van der Waals surface area contributed by atoms with E-state index in [0.717, 1.165) is 0 Å². The van der Waals surface area contributed by atoms with Crippen molar-refractivity contribution in [2.45, 2.75) is 44.6 Å². The minimum atomic E-state index is -1.12. The lowest BCUT2D eigenvalue weighted by Gasteiger charge is -2.55. The Bertz CT molecular complexity index is 1210. The zero-order valence-electron chi connectivity index (χ0n) is 21.0. The number of piperazine rings is 1. The van der Waals surface area contributed by atoms with Gasteiger partial charge in [-0.3, -0.25) is 14.4 Å². The van der Waals surface area contributed by atoms with Crippen LogP contribution in [0.1, 0.15) is 36.9 Å². The number of halogens is 2. The summed E-state index contributed by atoms with van der Waals surface area (Å²) in [5, 5.41) is 14.8. The number of carbonyl (C=O) groups is 4. The highest BCUT2D eigenvalue weighted by Crippen LogP contribution is 2.32. The van der Waals surface area contributed by atoms with Crippen LogP contribution >= 0.6 is 0 Å². The quantitative estimate of drug-likeness (QED) is 0.569. The third-order valence-electron chi connectivity index (χ3n) is 6.90. The van der Waals surface area contributed by atoms with Gasteiger partial charge in [-0.2, -0.15) is 0 Å². The Balaban J connectivity index is 1.64. The lowest BCUT2D eigenvalue weighted by Crippen LogP contribution is -2.76. The van der Waals surface area contributed by atoms with E-state index in [2.05, 4.69) is 5.32 Å². The zero-order chi connectivity index (χ0) is 27.6. The first-order chi connectivity index (χ1) is 18.1. The van der Waals surface area contributed by atoms with Crippen LogP contribution in [0.2, 0.25) is 0 Å². The third kappa shape index (κ3) is 5.59. The zero-order valence-corrected chi connectivity index (χ0v) is 21.0. The number of carboxylic acids is 1. The Hall–Kier alpha value is -4.06. The van der Waals surface area contributed by atoms with Crippen molar-refractivity contribution in [3.05, 3.63) is 71.3 Å². The minimum Gasteiger partial charge on any atom is -0.481 e. The third-order valence-corrected chi connectivity index (χ3v) is 6.90. The maximum Gasteiger partial charge on any atom is 0.334 e. The molecule has 1 unspecified atom stereocenters. The molecule has 0 aliphatic carbocycles. The first-order valence-corrected chi connectivity index (χ1v) is 12.2. The van der Waals surface area contributed by atoms with E-state index >= 15 is 0 Å². The fourth-order valence-electron chi connectivity index (χ4n) is 4.93. The molecule has 2 heterocycles. The Labute approximate surface area is 218 Å². The fourth-order valence-corrected chi connectivity index (χ4v) is 4.93. The summed E-state index contributed by atoms with van der Waals surface area (Å²) in [5.41, 5.74) is 1.31. The van der Waals surface area contributed by atoms with Crippen molar-refractivity contribution in [2.75, 3.05) is 20.1 Å². The number of carboxylic acid groups (broad SMARTS) is 1. The highest BCUT2D eigenvalue weighted by molar-refractivity contribution is 5.92. The summed E-state index contributed by atoms with van der Waals surface area (Å²) >= 11 is 0. The Morgan fingerprint density at radius 2 is 1.66 bits per heavy atom. The normalized spacial score (nSPS) is 20.8. The average Bonchev–Trinajstić information content (AvgIpc) is 2.87. The summed E-state index contributed by atoms with van der Waals surface area (Å²) in [6, 6.07) is 9.13. The molecule has 3 atom stereocenters. The molecule has 2 aliphatic rings. The number of fused-ring (bicyclic) bond motifs is 1. The maximum atomic E-state index is 13.6. The number of benzene rings is 2. The van der Waals surface area contributed by atoms with Gasteiger partial charge in [-0.25, -0.2) is 23.6 Å². The van der Waals surface area contributed by atoms with Crippen LogP contribution in [-0.4, -0.2) is 81.1 Å². The molecule has 2 fully saturated rings. The molecular weight excluding hydrogens is 500 g/mol. The fraction of sp³-hybridized carbons (Fsp3) is 0.385. The number of hydrogen-bond acceptors (Lipinski definition) is 5. The van der Waals surface area contributed by atoms with Crippen LogP contribution in [0.25, 0.3) is 0 Å². The van der Waals surface area contributed by atoms with Crippen LogP contribution in [0.4, 0.5) is 13.6 Å². The van der Waals surface area contributed by atoms with Gasteiger partial charge in [0.15, 0.2) is 0 Å². The molecule has 0 saturated carbocycles. The summed E-state index contributed by atoms with van der Waals surface area (Å²) < 4.78 is 26.8. The largest absolute Gasteiger partial charge is 0.481 e. The predicted molar refractivity (Wildman–Crippen MR) is 131 cm³/mol. The standard InChI is InChI=1S/C26H29F2N5O5/c1-16(18-5-9-20(28)10-6-18)31-14-22-32(21(25(31)37)11-12-24(35)36)23(34)15-30(2)33(22)26(38)29-13-17-3-7-19(27)8-4-17/h3-10,16,21-22H,11-15H2,1-2H3,(H,29,38)(H,35,36)/t16?,21-,22-/m0/s1. The molecular formula is C26H29F2N5O5. The molecule has 2 N–H and O–H groups in total. The van der Waals surface area contributed by atoms with Crippen molar-refractivity contribution in [1.29, 1.82) is 0 Å². The van der Waals surface area contributed by atoms with Gasteiger partial charge in [0.25, 0.3) is 0 Å². The van der Waals surface area contributed by atoms with E-state index in [1.807, 2.05) is 0 Å². The summed E-state index contributed by atoms with van der Waals surface area (Å²) in [6.45, 7) is 1.62. The van der Waals surface area contributed by atoms with Gasteiger partial charge in [-0.05, 0) is 48.7 Å². The highest BCUT2D eigenvalue weighted by Gasteiger charge is 2.51. The first-order valence-electron chi connectivity index (χ1n) is 12.2. The van der Waals surface area contributed by atoms with Crippen molar-refractivity contribution in [3.63, 3.8) is 0 Å². The average molecular weight is 530 g/mol. The van der Waals surface area contributed by atoms with E-state index in [0.29, 0.717) is 11.1 Å². The number of rotatable bonds is 7. The molecule has 12 heteroatoms. The van der Waals surface area contributed by atoms with Gasteiger partial charge in [0.1, 0.15) is 23.8 Å². The number of aliphatic carboxylic acids is 1. The van der Waals surface area contributed by atoms with Crippen LogP contribution in [0, 0.1) is 11.6 Å². The van der Waals surface area contributed by atoms with Crippen LogP contribution in [0.3, 0.4) is 0 Å². The number of likely N-dealkylation sites (N-methyl/N-ethyl adjacent to an activating group) is 1. The summed E-state index contributed by atoms with van der Waals surface area (Å²) in [4.78, 5) is 54.3. The Morgan fingerprint density at radius 1 is 1.05 bits per heavy atom. The van der Waals surface area contributed by atoms with Crippen LogP contribution in [0.15, 0.2) is 48.5 Å². The molecule has 10 nitrogen and oxygen atoms in total. The molecule has 2 aromatic rings. The van der Waals surface area contributed by atoms with Gasteiger partial charge in [-0.1, -0.05) is 24.3 Å². The Morgan fingerprint density at radius 3 is 2.26 bits per heavy atom. The second kappa shape index (κ2) is 11.1. The number of urea groups is 1. The number of nitrogens with one attached hydrogen (secondary N) is 1. The second-order valence-electron chi connectivity index (χ2n) is 9.39. The maximum absolute atomic E-state index is 13.6. The topological polar surface area (TPSA) is 114 Å². The van der Waals surface area contributed by atoms with E-state index in [1.54, 1.807) is 38.2 Å². The van der Waals surface area contributed by atoms with Gasteiger partial charge < -0.3 is 20.2 Å². The van der Waals surface area contributed by atoms with Gasteiger partial charge in [-0.15, -0.1) is 0 Å². The van der Waals surface area contributed by atoms with E-state index in [1.165, 1.54) is 44.1 Å². The first kappa shape index (κ1) is 27.0. The molecule has 2 aromatic carbocycles. The van der Waals surface area contributed by atoms with Crippen LogP contribution < -0.4 is 5.32 Å². The van der Waals surface area contributed by atoms with Gasteiger partial charge in [0, 0.05) is 20.0 Å². The summed E-state index contributed by atoms with van der Waals surface area (Å²) in [6.07, 6.45) is -1.38. The summed E-state index contributed by atoms with van der Waals surface area (Å²) in [5.74, 6) is -2.80. The number of hydrazine groups is 1. The SMILES string of the molecule is CC(c1ccc(F)cc1)N1C[C@H]2N(C(=O)CN(C)N2C(=O)NCc2ccc(F)cc2)[C@@H](CCC(=O)O)C1=O. The van der Waals surface area contributed by atoms with E-state index in [-0.39, 0.29) is 32.5 Å². The molecule has 4 rings (SSSR count). The van der Waals surface area contributed by atoms with Crippen molar-refractivity contribution >= 4 is 23.8 Å². The predicted octanol–water partition coefficient (Wildman–Crippen LogP) is 2.33. The Kier molecular flexibility index (Phi) is 7.91. The second-order valence-corrected chi connectivity index (χ2v) is 9.39. The number of hydrogen-bond donors (Lipinski definition) is 2. The highest BCUT2D eigenvalue weighted by atomic mass is 19.1. The van der Waals surface area contributed by atoms with Gasteiger partial charge >= 0.3 is 12.0 Å². The number of nitrogens with zero attached hydrogens (tertiary/aromatic N) is 4. The lowest BCUT2D eigenvalue weighted by molar-refractivity contribution is -0.189. The molecule has 0 aromatic heterocycles. The monoisotopic (exact) mass is 529 g/mol. The van der Waals surface area contributed by atoms with Crippen molar-refractivity contribution in [2.24, 2.45) is 0 Å². The summed E-state index contributed by atoms with van der Waals surface area (Å²) in [7, 11) is 1.57. The van der Waals surface area contributed by atoms with Gasteiger partial charge in [0.05, 0.1) is 19.1 Å². The molecule has 202 valence electrons.